The molecule has 0 radical (unpaired) electrons. The Hall–Kier alpha value is 0.650. The Bertz CT molecular complexity index is 231. The highest BCUT2D eigenvalue weighted by molar-refractivity contribution is 9.09. The lowest BCUT2D eigenvalue weighted by atomic mass is 9.80. The normalized spacial score (nSPS) is 23.7. The van der Waals surface area contributed by atoms with Gasteiger partial charge in [0, 0.05) is 23.0 Å². The van der Waals surface area contributed by atoms with Gasteiger partial charge in [0.2, 0.25) is 0 Å². The van der Waals surface area contributed by atoms with Crippen LogP contribution in [-0.4, -0.2) is 39.4 Å². The SMILES string of the molecule is CC1(C)CC(OCCCCBr)CC(C)(C)N1O.Cl. The maximum atomic E-state index is 10.2. The van der Waals surface area contributed by atoms with Gasteiger partial charge in [0.15, 0.2) is 0 Å². The Morgan fingerprint density at radius 2 is 1.67 bits per heavy atom. The molecule has 1 N–H and O–H groups in total. The molecule has 0 aromatic heterocycles. The number of halogens is 2. The molecule has 5 heteroatoms. The van der Waals surface area contributed by atoms with Gasteiger partial charge in [-0.1, -0.05) is 15.9 Å². The summed E-state index contributed by atoms with van der Waals surface area (Å²) in [6.45, 7) is 9.12. The molecule has 0 aromatic carbocycles. The lowest BCUT2D eigenvalue weighted by Gasteiger charge is -2.51. The summed E-state index contributed by atoms with van der Waals surface area (Å²) in [6, 6.07) is 0. The number of nitrogens with zero attached hydrogens (tertiary/aromatic N) is 1. The molecule has 3 nitrogen and oxygen atoms in total. The Morgan fingerprint density at radius 1 is 1.17 bits per heavy atom. The predicted octanol–water partition coefficient (Wildman–Crippen LogP) is 4.01. The molecule has 1 rings (SSSR count). The minimum atomic E-state index is -0.207. The fraction of sp³-hybridized carbons (Fsp3) is 1.00. The number of rotatable bonds is 5. The van der Waals surface area contributed by atoms with Gasteiger partial charge in [-0.05, 0) is 53.4 Å². The molecule has 18 heavy (non-hydrogen) atoms. The minimum absolute atomic E-state index is 0. The van der Waals surface area contributed by atoms with Crippen LogP contribution in [0.15, 0.2) is 0 Å². The molecule has 0 amide bonds. The third-order valence-electron chi connectivity index (χ3n) is 3.48. The monoisotopic (exact) mass is 343 g/mol. The van der Waals surface area contributed by atoms with Gasteiger partial charge in [-0.15, -0.1) is 12.4 Å². The number of ether oxygens (including phenoxy) is 1. The molecule has 0 atom stereocenters. The van der Waals surface area contributed by atoms with Crippen LogP contribution in [0.25, 0.3) is 0 Å². The van der Waals surface area contributed by atoms with Crippen LogP contribution in [-0.2, 0) is 4.74 Å². The third kappa shape index (κ3) is 4.97. The van der Waals surface area contributed by atoms with Gasteiger partial charge in [-0.3, -0.25) is 0 Å². The van der Waals surface area contributed by atoms with E-state index in [-0.39, 0.29) is 29.6 Å². The largest absolute Gasteiger partial charge is 0.378 e. The summed E-state index contributed by atoms with van der Waals surface area (Å²) in [5.74, 6) is 0. The average molecular weight is 345 g/mol. The Morgan fingerprint density at radius 3 is 2.11 bits per heavy atom. The molecule has 0 bridgehead atoms. The molecule has 1 saturated heterocycles. The van der Waals surface area contributed by atoms with Gasteiger partial charge >= 0.3 is 0 Å². The summed E-state index contributed by atoms with van der Waals surface area (Å²) in [5, 5.41) is 12.7. The van der Waals surface area contributed by atoms with Crippen LogP contribution >= 0.6 is 28.3 Å². The van der Waals surface area contributed by atoms with Gasteiger partial charge in [0.05, 0.1) is 6.10 Å². The molecule has 0 spiro atoms. The number of alkyl halides is 1. The number of hydrogen-bond donors (Lipinski definition) is 1. The third-order valence-corrected chi connectivity index (χ3v) is 4.04. The molecule has 0 aliphatic carbocycles. The van der Waals surface area contributed by atoms with Crippen LogP contribution < -0.4 is 0 Å². The molecule has 1 aliphatic heterocycles. The van der Waals surface area contributed by atoms with Crippen molar-refractivity contribution in [1.82, 2.24) is 5.06 Å². The van der Waals surface area contributed by atoms with E-state index < -0.39 is 0 Å². The maximum absolute atomic E-state index is 10.2. The van der Waals surface area contributed by atoms with Gasteiger partial charge in [0.1, 0.15) is 0 Å². The van der Waals surface area contributed by atoms with Crippen molar-refractivity contribution in [3.63, 3.8) is 0 Å². The van der Waals surface area contributed by atoms with E-state index in [1.807, 2.05) is 0 Å². The molecule has 0 saturated carbocycles. The average Bonchev–Trinajstić information content (AvgIpc) is 2.20. The topological polar surface area (TPSA) is 32.7 Å². The lowest BCUT2D eigenvalue weighted by molar-refractivity contribution is -0.261. The summed E-state index contributed by atoms with van der Waals surface area (Å²) < 4.78 is 5.95. The van der Waals surface area contributed by atoms with Crippen molar-refractivity contribution >= 4 is 28.3 Å². The van der Waals surface area contributed by atoms with Gasteiger partial charge in [-0.25, -0.2) is 0 Å². The second kappa shape index (κ2) is 7.44. The Labute approximate surface area is 126 Å². The zero-order chi connectivity index (χ0) is 13.1. The lowest BCUT2D eigenvalue weighted by Crippen LogP contribution is -2.60. The number of hydrogen-bond acceptors (Lipinski definition) is 3. The molecular formula is C13H27BrClNO2. The van der Waals surface area contributed by atoms with Crippen LogP contribution in [0.4, 0.5) is 0 Å². The van der Waals surface area contributed by atoms with E-state index in [9.17, 15) is 5.21 Å². The van der Waals surface area contributed by atoms with Crippen molar-refractivity contribution in [2.45, 2.75) is 70.6 Å². The first kappa shape index (κ1) is 18.7. The van der Waals surface area contributed by atoms with Gasteiger partial charge < -0.3 is 9.94 Å². The first-order chi connectivity index (χ1) is 7.79. The van der Waals surface area contributed by atoms with Crippen LogP contribution in [0, 0.1) is 0 Å². The summed E-state index contributed by atoms with van der Waals surface area (Å²) >= 11 is 3.42. The summed E-state index contributed by atoms with van der Waals surface area (Å²) in [5.41, 5.74) is -0.413. The highest BCUT2D eigenvalue weighted by Crippen LogP contribution is 2.37. The second-order valence-corrected chi connectivity index (χ2v) is 7.03. The zero-order valence-electron chi connectivity index (χ0n) is 11.9. The smallest absolute Gasteiger partial charge is 0.0611 e. The van der Waals surface area contributed by atoms with E-state index in [1.54, 1.807) is 0 Å². The number of unbranched alkanes of at least 4 members (excludes halogenated alkanes) is 1. The summed E-state index contributed by atoms with van der Waals surface area (Å²) in [7, 11) is 0. The van der Waals surface area contributed by atoms with E-state index in [0.717, 1.165) is 37.6 Å². The van der Waals surface area contributed by atoms with Crippen molar-refractivity contribution in [3.05, 3.63) is 0 Å². The van der Waals surface area contributed by atoms with Gasteiger partial charge in [-0.2, -0.15) is 5.06 Å². The van der Waals surface area contributed by atoms with Crippen molar-refractivity contribution in [1.29, 1.82) is 0 Å². The molecular weight excluding hydrogens is 318 g/mol. The molecule has 0 unspecified atom stereocenters. The van der Waals surface area contributed by atoms with Crippen LogP contribution in [0.3, 0.4) is 0 Å². The van der Waals surface area contributed by atoms with Crippen LogP contribution in [0.5, 0.6) is 0 Å². The predicted molar refractivity (Wildman–Crippen MR) is 81.0 cm³/mol. The van der Waals surface area contributed by atoms with Crippen molar-refractivity contribution in [2.24, 2.45) is 0 Å². The van der Waals surface area contributed by atoms with E-state index in [0.29, 0.717) is 0 Å². The van der Waals surface area contributed by atoms with Crippen molar-refractivity contribution in [3.8, 4) is 0 Å². The van der Waals surface area contributed by atoms with Crippen molar-refractivity contribution in [2.75, 3.05) is 11.9 Å². The number of hydroxylamine groups is 2. The number of piperidine rings is 1. The minimum Gasteiger partial charge on any atom is -0.378 e. The fourth-order valence-electron chi connectivity index (χ4n) is 2.74. The van der Waals surface area contributed by atoms with Crippen LogP contribution in [0.2, 0.25) is 0 Å². The second-order valence-electron chi connectivity index (χ2n) is 6.23. The quantitative estimate of drug-likeness (QED) is 0.604. The zero-order valence-corrected chi connectivity index (χ0v) is 14.3. The highest BCUT2D eigenvalue weighted by Gasteiger charge is 2.45. The first-order valence-electron chi connectivity index (χ1n) is 6.46. The van der Waals surface area contributed by atoms with E-state index in [4.69, 9.17) is 4.74 Å². The van der Waals surface area contributed by atoms with E-state index in [2.05, 4.69) is 43.6 Å². The Kier molecular flexibility index (Phi) is 7.71. The van der Waals surface area contributed by atoms with E-state index >= 15 is 0 Å². The van der Waals surface area contributed by atoms with E-state index in [1.165, 1.54) is 5.06 Å². The highest BCUT2D eigenvalue weighted by atomic mass is 79.9. The molecule has 1 heterocycles. The van der Waals surface area contributed by atoms with Crippen LogP contribution in [0.1, 0.15) is 53.4 Å². The Balaban J connectivity index is 0.00000289. The molecule has 1 fully saturated rings. The fourth-order valence-corrected chi connectivity index (χ4v) is 3.14. The standard InChI is InChI=1S/C13H26BrNO2.ClH/c1-12(2)9-11(17-8-6-5-7-14)10-13(3,4)15(12)16;/h11,16H,5-10H2,1-4H3;1H. The van der Waals surface area contributed by atoms with Gasteiger partial charge in [0.25, 0.3) is 0 Å². The van der Waals surface area contributed by atoms with Crippen molar-refractivity contribution < 1.29 is 9.94 Å². The molecule has 0 aromatic rings. The summed E-state index contributed by atoms with van der Waals surface area (Å²) in [6.07, 6.45) is 4.30. The molecule has 110 valence electrons. The first-order valence-corrected chi connectivity index (χ1v) is 7.58. The maximum Gasteiger partial charge on any atom is 0.0611 e. The summed E-state index contributed by atoms with van der Waals surface area (Å²) in [4.78, 5) is 0. The molecule has 1 aliphatic rings.